The summed E-state index contributed by atoms with van der Waals surface area (Å²) < 4.78 is 11.5. The molecular formula is C17H26N2O3S. The summed E-state index contributed by atoms with van der Waals surface area (Å²) in [7, 11) is 0. The number of aryl methyl sites for hydroxylation is 1. The summed E-state index contributed by atoms with van der Waals surface area (Å²) in [6.45, 7) is 7.57. The van der Waals surface area contributed by atoms with Gasteiger partial charge in [0, 0.05) is 28.8 Å². The standard InChI is InChI=1S/C17H26N2O3S/c1-3-14-6-7-15(23-14)11-18-16(20)19-8-4-5-13(12-19)17(2)21-9-10-22-17/h6-7,13H,3-5,8-12H2,1-2H3,(H,18,20). The van der Waals surface area contributed by atoms with Crippen LogP contribution in [0, 0.1) is 5.92 Å². The number of rotatable bonds is 4. The van der Waals surface area contributed by atoms with Gasteiger partial charge in [-0.15, -0.1) is 11.3 Å². The predicted molar refractivity (Wildman–Crippen MR) is 90.5 cm³/mol. The smallest absolute Gasteiger partial charge is 0.317 e. The molecular weight excluding hydrogens is 312 g/mol. The van der Waals surface area contributed by atoms with Crippen LogP contribution in [0.3, 0.4) is 0 Å². The van der Waals surface area contributed by atoms with Gasteiger partial charge in [-0.25, -0.2) is 4.79 Å². The molecule has 1 aromatic rings. The summed E-state index contributed by atoms with van der Waals surface area (Å²) in [5.74, 6) is -0.277. The first-order valence-electron chi connectivity index (χ1n) is 8.49. The number of carbonyl (C=O) groups is 1. The van der Waals surface area contributed by atoms with E-state index in [0.717, 1.165) is 25.8 Å². The first-order valence-corrected chi connectivity index (χ1v) is 9.30. The molecule has 2 saturated heterocycles. The van der Waals surface area contributed by atoms with Crippen molar-refractivity contribution in [2.45, 2.75) is 45.4 Å². The summed E-state index contributed by atoms with van der Waals surface area (Å²) in [4.78, 5) is 16.9. The minimum Gasteiger partial charge on any atom is -0.347 e. The highest BCUT2D eigenvalue weighted by Gasteiger charge is 2.42. The third-order valence-electron chi connectivity index (χ3n) is 4.79. The molecule has 2 aliphatic rings. The van der Waals surface area contributed by atoms with Crippen LogP contribution >= 0.6 is 11.3 Å². The second-order valence-corrected chi connectivity index (χ2v) is 7.63. The zero-order valence-corrected chi connectivity index (χ0v) is 14.8. The monoisotopic (exact) mass is 338 g/mol. The molecule has 0 aliphatic carbocycles. The Morgan fingerprint density at radius 3 is 2.83 bits per heavy atom. The van der Waals surface area contributed by atoms with E-state index in [-0.39, 0.29) is 11.9 Å². The minimum absolute atomic E-state index is 0.0164. The van der Waals surface area contributed by atoms with Crippen LogP contribution in [0.15, 0.2) is 12.1 Å². The fourth-order valence-corrected chi connectivity index (χ4v) is 4.24. The first-order chi connectivity index (χ1) is 11.1. The lowest BCUT2D eigenvalue weighted by molar-refractivity contribution is -0.189. The summed E-state index contributed by atoms with van der Waals surface area (Å²) in [5, 5.41) is 3.05. The molecule has 0 aromatic carbocycles. The number of hydrogen-bond donors (Lipinski definition) is 1. The predicted octanol–water partition coefficient (Wildman–Crippen LogP) is 3.00. The van der Waals surface area contributed by atoms with Crippen LogP contribution in [0.25, 0.3) is 0 Å². The zero-order valence-electron chi connectivity index (χ0n) is 14.0. The summed E-state index contributed by atoms with van der Waals surface area (Å²) in [6, 6.07) is 4.26. The third-order valence-corrected chi connectivity index (χ3v) is 6.02. The number of thiophene rings is 1. The van der Waals surface area contributed by atoms with Crippen molar-refractivity contribution in [2.24, 2.45) is 5.92 Å². The Bertz CT molecular complexity index is 540. The van der Waals surface area contributed by atoms with E-state index in [1.54, 1.807) is 11.3 Å². The summed E-state index contributed by atoms with van der Waals surface area (Å²) in [5.41, 5.74) is 0. The lowest BCUT2D eigenvalue weighted by Gasteiger charge is -2.39. The van der Waals surface area contributed by atoms with E-state index < -0.39 is 5.79 Å². The summed E-state index contributed by atoms with van der Waals surface area (Å²) in [6.07, 6.45) is 3.09. The maximum absolute atomic E-state index is 12.5. The van der Waals surface area contributed by atoms with Crippen LogP contribution in [0.2, 0.25) is 0 Å². The van der Waals surface area contributed by atoms with Gasteiger partial charge < -0.3 is 19.7 Å². The minimum atomic E-state index is -0.525. The molecule has 0 bridgehead atoms. The van der Waals surface area contributed by atoms with E-state index in [4.69, 9.17) is 9.47 Å². The highest BCUT2D eigenvalue weighted by molar-refractivity contribution is 7.11. The van der Waals surface area contributed by atoms with Crippen LogP contribution in [0.1, 0.15) is 36.4 Å². The molecule has 0 radical (unpaired) electrons. The second-order valence-electron chi connectivity index (χ2n) is 6.38. The van der Waals surface area contributed by atoms with E-state index in [1.807, 2.05) is 11.8 Å². The van der Waals surface area contributed by atoms with Crippen molar-refractivity contribution < 1.29 is 14.3 Å². The van der Waals surface area contributed by atoms with Gasteiger partial charge in [0.2, 0.25) is 0 Å². The molecule has 23 heavy (non-hydrogen) atoms. The van der Waals surface area contributed by atoms with Gasteiger partial charge in [0.05, 0.1) is 19.8 Å². The van der Waals surface area contributed by atoms with Crippen LogP contribution in [-0.2, 0) is 22.4 Å². The summed E-state index contributed by atoms with van der Waals surface area (Å²) >= 11 is 1.77. The Morgan fingerprint density at radius 1 is 1.39 bits per heavy atom. The third kappa shape index (κ3) is 3.87. The Labute approximate surface area is 142 Å². The number of amides is 2. The highest BCUT2D eigenvalue weighted by Crippen LogP contribution is 2.34. The van der Waals surface area contributed by atoms with Crippen molar-refractivity contribution in [3.05, 3.63) is 21.9 Å². The largest absolute Gasteiger partial charge is 0.347 e. The normalized spacial score (nSPS) is 23.9. The van der Waals surface area contributed by atoms with Crippen LogP contribution in [0.4, 0.5) is 4.79 Å². The van der Waals surface area contributed by atoms with Crippen molar-refractivity contribution in [3.63, 3.8) is 0 Å². The Morgan fingerprint density at radius 2 is 2.13 bits per heavy atom. The van der Waals surface area contributed by atoms with E-state index in [0.29, 0.717) is 26.3 Å². The average Bonchev–Trinajstić information content (AvgIpc) is 3.22. The number of nitrogens with zero attached hydrogens (tertiary/aromatic N) is 1. The van der Waals surface area contributed by atoms with E-state index in [2.05, 4.69) is 24.4 Å². The van der Waals surface area contributed by atoms with Crippen molar-refractivity contribution in [2.75, 3.05) is 26.3 Å². The fourth-order valence-electron chi connectivity index (χ4n) is 3.34. The molecule has 0 saturated carbocycles. The number of urea groups is 1. The highest BCUT2D eigenvalue weighted by atomic mass is 32.1. The van der Waals surface area contributed by atoms with Gasteiger partial charge in [-0.05, 0) is 38.3 Å². The number of likely N-dealkylation sites (tertiary alicyclic amines) is 1. The SMILES string of the molecule is CCc1ccc(CNC(=O)N2CCCC(C3(C)OCCO3)C2)s1. The van der Waals surface area contributed by atoms with E-state index >= 15 is 0 Å². The van der Waals surface area contributed by atoms with Crippen LogP contribution in [0.5, 0.6) is 0 Å². The molecule has 5 nitrogen and oxygen atoms in total. The molecule has 2 fully saturated rings. The quantitative estimate of drug-likeness (QED) is 0.918. The van der Waals surface area contributed by atoms with Crippen LogP contribution < -0.4 is 5.32 Å². The molecule has 2 amide bonds. The zero-order chi connectivity index (χ0) is 16.3. The maximum Gasteiger partial charge on any atom is 0.317 e. The Balaban J connectivity index is 1.52. The lowest BCUT2D eigenvalue weighted by atomic mass is 9.90. The molecule has 1 unspecified atom stereocenters. The van der Waals surface area contributed by atoms with Crippen LogP contribution in [-0.4, -0.2) is 43.0 Å². The van der Waals surface area contributed by atoms with Gasteiger partial charge >= 0.3 is 6.03 Å². The maximum atomic E-state index is 12.5. The molecule has 3 heterocycles. The van der Waals surface area contributed by atoms with Crippen molar-refractivity contribution in [1.82, 2.24) is 10.2 Å². The van der Waals surface area contributed by atoms with Gasteiger partial charge in [-0.1, -0.05) is 6.92 Å². The molecule has 128 valence electrons. The van der Waals surface area contributed by atoms with Crippen molar-refractivity contribution >= 4 is 17.4 Å². The van der Waals surface area contributed by atoms with Crippen molar-refractivity contribution in [1.29, 1.82) is 0 Å². The lowest BCUT2D eigenvalue weighted by Crippen LogP contribution is -2.51. The average molecular weight is 338 g/mol. The molecule has 1 atom stereocenters. The fraction of sp³-hybridized carbons (Fsp3) is 0.706. The molecule has 3 rings (SSSR count). The van der Waals surface area contributed by atoms with Gasteiger partial charge in [-0.3, -0.25) is 0 Å². The topological polar surface area (TPSA) is 50.8 Å². The molecule has 2 aliphatic heterocycles. The van der Waals surface area contributed by atoms with Gasteiger partial charge in [0.25, 0.3) is 0 Å². The van der Waals surface area contributed by atoms with E-state index in [9.17, 15) is 4.79 Å². The molecule has 1 aromatic heterocycles. The van der Waals surface area contributed by atoms with Gasteiger partial charge in [0.15, 0.2) is 5.79 Å². The Kier molecular flexibility index (Phi) is 5.24. The number of ether oxygens (including phenoxy) is 2. The van der Waals surface area contributed by atoms with Crippen molar-refractivity contribution in [3.8, 4) is 0 Å². The molecule has 0 spiro atoms. The van der Waals surface area contributed by atoms with Gasteiger partial charge in [0.1, 0.15) is 0 Å². The number of nitrogens with one attached hydrogen (secondary N) is 1. The van der Waals surface area contributed by atoms with Gasteiger partial charge in [-0.2, -0.15) is 0 Å². The first kappa shape index (κ1) is 16.7. The number of hydrogen-bond acceptors (Lipinski definition) is 4. The second kappa shape index (κ2) is 7.20. The Hall–Kier alpha value is -1.11. The number of carbonyl (C=O) groups excluding carboxylic acids is 1. The molecule has 6 heteroatoms. The van der Waals surface area contributed by atoms with E-state index in [1.165, 1.54) is 9.75 Å². The molecule has 1 N–H and O–H groups in total. The number of piperidine rings is 1.